The van der Waals surface area contributed by atoms with Crippen LogP contribution in [0.5, 0.6) is 0 Å². The van der Waals surface area contributed by atoms with Crippen molar-refractivity contribution >= 4 is 0 Å². The Morgan fingerprint density at radius 1 is 0.526 bits per heavy atom. The lowest BCUT2D eigenvalue weighted by atomic mass is 10.3. The van der Waals surface area contributed by atoms with Gasteiger partial charge in [0.1, 0.15) is 0 Å². The summed E-state index contributed by atoms with van der Waals surface area (Å²) in [5, 5.41) is 0. The first-order valence-electron chi connectivity index (χ1n) is 8.21. The molecule has 0 aromatic rings. The van der Waals surface area contributed by atoms with Crippen molar-refractivity contribution in [3.63, 3.8) is 0 Å². The van der Waals surface area contributed by atoms with Crippen LogP contribution in [0.25, 0.3) is 0 Å². The molecule has 0 amide bonds. The third-order valence-corrected chi connectivity index (χ3v) is 4.41. The van der Waals surface area contributed by atoms with E-state index >= 15 is 0 Å². The smallest absolute Gasteiger partial charge is 0.0508 e. The van der Waals surface area contributed by atoms with Gasteiger partial charge >= 0.3 is 0 Å². The Balaban J connectivity index is 1.61. The summed E-state index contributed by atoms with van der Waals surface area (Å²) in [5.41, 5.74) is 0. The van der Waals surface area contributed by atoms with Crippen molar-refractivity contribution in [3.05, 3.63) is 0 Å². The molecule has 4 heteroatoms. The molecule has 0 radical (unpaired) electrons. The van der Waals surface area contributed by atoms with Crippen LogP contribution >= 0.6 is 0 Å². The maximum atomic E-state index is 2.64. The number of hydrogen-bond acceptors (Lipinski definition) is 4. The first kappa shape index (κ1) is 15.2. The van der Waals surface area contributed by atoms with E-state index in [0.29, 0.717) is 0 Å². The fourth-order valence-corrected chi connectivity index (χ4v) is 3.22. The highest BCUT2D eigenvalue weighted by Crippen LogP contribution is 2.07. The van der Waals surface area contributed by atoms with Crippen LogP contribution in [0, 0.1) is 0 Å². The molecule has 0 saturated carbocycles. The highest BCUT2D eigenvalue weighted by Gasteiger charge is 2.21. The van der Waals surface area contributed by atoms with Crippen LogP contribution in [0.2, 0.25) is 0 Å². The van der Waals surface area contributed by atoms with E-state index in [-0.39, 0.29) is 0 Å². The van der Waals surface area contributed by atoms with Crippen molar-refractivity contribution in [1.82, 2.24) is 19.6 Å². The molecule has 0 bridgehead atoms. The Morgan fingerprint density at radius 2 is 0.842 bits per heavy atom. The number of rotatable bonds is 6. The van der Waals surface area contributed by atoms with Gasteiger partial charge in [0.15, 0.2) is 0 Å². The molecule has 2 aliphatic heterocycles. The molecule has 2 rings (SSSR count). The fourth-order valence-electron chi connectivity index (χ4n) is 3.22. The van der Waals surface area contributed by atoms with Crippen LogP contribution < -0.4 is 0 Å². The fraction of sp³-hybridized carbons (Fsp3) is 1.00. The summed E-state index contributed by atoms with van der Waals surface area (Å²) >= 11 is 0. The lowest BCUT2D eigenvalue weighted by molar-refractivity contribution is 0.0448. The molecule has 0 aromatic carbocycles. The van der Waals surface area contributed by atoms with E-state index in [9.17, 15) is 0 Å². The first-order chi connectivity index (χ1) is 9.31. The van der Waals surface area contributed by atoms with Crippen LogP contribution in [-0.2, 0) is 0 Å². The van der Waals surface area contributed by atoms with Gasteiger partial charge in [-0.15, -0.1) is 0 Å². The van der Waals surface area contributed by atoms with E-state index in [1.165, 1.54) is 85.0 Å². The Labute approximate surface area is 119 Å². The van der Waals surface area contributed by atoms with Crippen LogP contribution in [0.3, 0.4) is 0 Å². The summed E-state index contributed by atoms with van der Waals surface area (Å²) in [4.78, 5) is 10.5. The summed E-state index contributed by atoms with van der Waals surface area (Å²) in [6, 6.07) is 0. The quantitative estimate of drug-likeness (QED) is 0.712. The van der Waals surface area contributed by atoms with Gasteiger partial charge in [-0.2, -0.15) is 0 Å². The third-order valence-electron chi connectivity index (χ3n) is 4.41. The minimum Gasteiger partial charge on any atom is -0.301 e. The molecule has 4 nitrogen and oxygen atoms in total. The Kier molecular flexibility index (Phi) is 6.57. The molecule has 0 N–H and O–H groups in total. The van der Waals surface area contributed by atoms with Gasteiger partial charge in [-0.3, -0.25) is 9.80 Å². The summed E-state index contributed by atoms with van der Waals surface area (Å²) < 4.78 is 0. The van der Waals surface area contributed by atoms with Gasteiger partial charge in [-0.1, -0.05) is 13.8 Å². The van der Waals surface area contributed by atoms with E-state index in [1.54, 1.807) is 0 Å². The molecule has 0 unspecified atom stereocenters. The monoisotopic (exact) mass is 268 g/mol. The van der Waals surface area contributed by atoms with Gasteiger partial charge in [0, 0.05) is 52.4 Å². The maximum Gasteiger partial charge on any atom is 0.0508 e. The second-order valence-corrected chi connectivity index (χ2v) is 6.06. The predicted octanol–water partition coefficient (Wildman–Crippen LogP) is 0.999. The Hall–Kier alpha value is -0.160. The minimum absolute atomic E-state index is 1.19. The summed E-state index contributed by atoms with van der Waals surface area (Å²) in [5.74, 6) is 0. The summed E-state index contributed by atoms with van der Waals surface area (Å²) in [7, 11) is 0. The van der Waals surface area contributed by atoms with Crippen molar-refractivity contribution in [2.24, 2.45) is 0 Å². The second-order valence-electron chi connectivity index (χ2n) is 6.06. The molecule has 0 aliphatic carbocycles. The lowest BCUT2D eigenvalue weighted by Crippen LogP contribution is -2.54. The second kappa shape index (κ2) is 8.20. The zero-order valence-corrected chi connectivity index (χ0v) is 13.0. The predicted molar refractivity (Wildman–Crippen MR) is 81.5 cm³/mol. The first-order valence-corrected chi connectivity index (χ1v) is 8.21. The SMILES string of the molecule is CCCN1CCN(CN2CCN(CCC)CC2)CC1. The van der Waals surface area contributed by atoms with Crippen LogP contribution in [-0.4, -0.2) is 91.7 Å². The Morgan fingerprint density at radius 3 is 1.16 bits per heavy atom. The highest BCUT2D eigenvalue weighted by atomic mass is 15.4. The van der Waals surface area contributed by atoms with E-state index in [0.717, 1.165) is 0 Å². The van der Waals surface area contributed by atoms with Crippen molar-refractivity contribution in [2.75, 3.05) is 72.1 Å². The lowest BCUT2D eigenvalue weighted by Gasteiger charge is -2.40. The molecule has 2 fully saturated rings. The average Bonchev–Trinajstić information content (AvgIpc) is 2.44. The zero-order chi connectivity index (χ0) is 13.5. The van der Waals surface area contributed by atoms with E-state index in [4.69, 9.17) is 0 Å². The van der Waals surface area contributed by atoms with Crippen molar-refractivity contribution < 1.29 is 0 Å². The molecule has 0 aromatic heterocycles. The number of piperazine rings is 2. The van der Waals surface area contributed by atoms with Crippen LogP contribution in [0.4, 0.5) is 0 Å². The molecule has 0 spiro atoms. The van der Waals surface area contributed by atoms with Crippen molar-refractivity contribution in [3.8, 4) is 0 Å². The largest absolute Gasteiger partial charge is 0.301 e. The van der Waals surface area contributed by atoms with E-state index < -0.39 is 0 Å². The van der Waals surface area contributed by atoms with Crippen molar-refractivity contribution in [2.45, 2.75) is 26.7 Å². The van der Waals surface area contributed by atoms with E-state index in [1.807, 2.05) is 0 Å². The third kappa shape index (κ3) is 5.03. The van der Waals surface area contributed by atoms with Gasteiger partial charge in [-0.25, -0.2) is 0 Å². The minimum atomic E-state index is 1.19. The molecule has 19 heavy (non-hydrogen) atoms. The van der Waals surface area contributed by atoms with Gasteiger partial charge < -0.3 is 9.80 Å². The molecule has 0 atom stereocenters. The van der Waals surface area contributed by atoms with Gasteiger partial charge in [-0.05, 0) is 25.9 Å². The average molecular weight is 268 g/mol. The standard InChI is InChI=1S/C15H32N4/c1-3-5-16-7-11-18(12-8-16)15-19-13-9-17(6-4-2)10-14-19/h3-15H2,1-2H3. The van der Waals surface area contributed by atoms with Gasteiger partial charge in [0.25, 0.3) is 0 Å². The topological polar surface area (TPSA) is 13.0 Å². The van der Waals surface area contributed by atoms with Crippen LogP contribution in [0.15, 0.2) is 0 Å². The zero-order valence-electron chi connectivity index (χ0n) is 13.0. The Bertz CT molecular complexity index is 206. The maximum absolute atomic E-state index is 2.64. The molecular formula is C15H32N4. The number of nitrogens with zero attached hydrogens (tertiary/aromatic N) is 4. The highest BCUT2D eigenvalue weighted by molar-refractivity contribution is 4.75. The normalized spacial score (nSPS) is 24.9. The molecule has 2 saturated heterocycles. The molecule has 2 heterocycles. The van der Waals surface area contributed by atoms with Gasteiger partial charge in [0.05, 0.1) is 6.67 Å². The number of hydrogen-bond donors (Lipinski definition) is 0. The van der Waals surface area contributed by atoms with Crippen LogP contribution in [0.1, 0.15) is 26.7 Å². The molecule has 112 valence electrons. The van der Waals surface area contributed by atoms with Gasteiger partial charge in [0.2, 0.25) is 0 Å². The van der Waals surface area contributed by atoms with E-state index in [2.05, 4.69) is 33.4 Å². The summed E-state index contributed by atoms with van der Waals surface area (Å²) in [6.45, 7) is 18.4. The molecular weight excluding hydrogens is 236 g/mol. The van der Waals surface area contributed by atoms with Crippen molar-refractivity contribution in [1.29, 1.82) is 0 Å². The molecule has 2 aliphatic rings. The summed E-state index contributed by atoms with van der Waals surface area (Å²) in [6.07, 6.45) is 2.58.